The van der Waals surface area contributed by atoms with Gasteiger partial charge in [-0.1, -0.05) is 12.1 Å². The van der Waals surface area contributed by atoms with Gasteiger partial charge in [-0.2, -0.15) is 0 Å². The molecule has 8 heteroatoms. The number of hydrogen-bond donors (Lipinski definition) is 0. The Morgan fingerprint density at radius 2 is 2.04 bits per heavy atom. The van der Waals surface area contributed by atoms with Gasteiger partial charge in [0.15, 0.2) is 0 Å². The van der Waals surface area contributed by atoms with Crippen LogP contribution in [0.25, 0.3) is 0 Å². The highest BCUT2D eigenvalue weighted by atomic mass is 19.1. The van der Waals surface area contributed by atoms with Crippen LogP contribution in [-0.2, 0) is 16.1 Å². The first-order valence-corrected chi connectivity index (χ1v) is 9.26. The lowest BCUT2D eigenvalue weighted by atomic mass is 9.89. The smallest absolute Gasteiger partial charge is 0.340 e. The maximum absolute atomic E-state index is 13.8. The molecule has 2 fully saturated rings. The van der Waals surface area contributed by atoms with Crippen LogP contribution in [0.5, 0.6) is 0 Å². The summed E-state index contributed by atoms with van der Waals surface area (Å²) in [7, 11) is 0. The molecule has 0 spiro atoms. The lowest BCUT2D eigenvalue weighted by molar-refractivity contribution is -0.132. The molecule has 0 unspecified atom stereocenters. The summed E-state index contributed by atoms with van der Waals surface area (Å²) < 4.78 is 15.1. The zero-order chi connectivity index (χ0) is 19.8. The number of benzene rings is 1. The van der Waals surface area contributed by atoms with E-state index < -0.39 is 5.69 Å². The fraction of sp³-hybridized carbons (Fsp3) is 0.400. The van der Waals surface area contributed by atoms with Crippen LogP contribution in [0.3, 0.4) is 0 Å². The van der Waals surface area contributed by atoms with Crippen LogP contribution in [0, 0.1) is 17.7 Å². The molecule has 4 rings (SSSR count). The predicted molar refractivity (Wildman–Crippen MR) is 98.6 cm³/mol. The second-order valence-corrected chi connectivity index (χ2v) is 7.42. The average molecular weight is 384 g/mol. The zero-order valence-corrected chi connectivity index (χ0v) is 15.5. The summed E-state index contributed by atoms with van der Waals surface area (Å²) in [6, 6.07) is 7.66. The van der Waals surface area contributed by atoms with Gasteiger partial charge in [0.05, 0.1) is 6.04 Å². The van der Waals surface area contributed by atoms with E-state index in [0.717, 1.165) is 5.56 Å². The van der Waals surface area contributed by atoms with Crippen molar-refractivity contribution < 1.29 is 14.0 Å². The molecule has 0 N–H and O–H groups in total. The predicted octanol–water partition coefficient (Wildman–Crippen LogP) is 1.06. The maximum Gasteiger partial charge on any atom is 0.347 e. The minimum atomic E-state index is -0.462. The average Bonchev–Trinajstić information content (AvgIpc) is 3.21. The lowest BCUT2D eigenvalue weighted by Gasteiger charge is -2.29. The van der Waals surface area contributed by atoms with E-state index in [1.807, 2.05) is 6.07 Å². The minimum Gasteiger partial charge on any atom is -0.340 e. The van der Waals surface area contributed by atoms with Crippen LogP contribution in [0.1, 0.15) is 18.5 Å². The molecule has 3 atom stereocenters. The highest BCUT2D eigenvalue weighted by Crippen LogP contribution is 2.45. The summed E-state index contributed by atoms with van der Waals surface area (Å²) in [4.78, 5) is 43.8. The molecule has 28 heavy (non-hydrogen) atoms. The van der Waals surface area contributed by atoms with Crippen LogP contribution in [-0.4, -0.2) is 50.8 Å². The van der Waals surface area contributed by atoms with Gasteiger partial charge in [0.25, 0.3) is 0 Å². The third-order valence-electron chi connectivity index (χ3n) is 5.70. The first-order chi connectivity index (χ1) is 13.4. The molecular formula is C20H21FN4O3. The number of halogens is 1. The van der Waals surface area contributed by atoms with Crippen LogP contribution in [0.15, 0.2) is 47.5 Å². The molecule has 0 saturated carbocycles. The van der Waals surface area contributed by atoms with E-state index in [0.29, 0.717) is 19.6 Å². The van der Waals surface area contributed by atoms with Crippen LogP contribution in [0.4, 0.5) is 4.39 Å². The molecule has 0 aliphatic carbocycles. The number of likely N-dealkylation sites (tertiary alicyclic amines) is 2. The van der Waals surface area contributed by atoms with Crippen molar-refractivity contribution in [3.8, 4) is 0 Å². The maximum atomic E-state index is 13.8. The Bertz CT molecular complexity index is 976. The van der Waals surface area contributed by atoms with Gasteiger partial charge >= 0.3 is 5.69 Å². The summed E-state index contributed by atoms with van der Waals surface area (Å²) >= 11 is 0. The molecule has 2 aliphatic heterocycles. The number of nitrogens with zero attached hydrogens (tertiary/aromatic N) is 4. The normalized spacial score (nSPS) is 23.7. The molecule has 1 aromatic carbocycles. The first kappa shape index (κ1) is 18.3. The van der Waals surface area contributed by atoms with Crippen LogP contribution in [0.2, 0.25) is 0 Å². The SMILES string of the molecule is CC(=O)N1C[C@H]2CN(C(=O)Cn3cccnc3=O)C[C@H]2[C@@H]1c1cccc(F)c1. The first-order valence-electron chi connectivity index (χ1n) is 9.26. The van der Waals surface area contributed by atoms with Crippen molar-refractivity contribution in [3.63, 3.8) is 0 Å². The molecule has 3 heterocycles. The summed E-state index contributed by atoms with van der Waals surface area (Å²) in [5.74, 6) is -0.376. The van der Waals surface area contributed by atoms with Gasteiger partial charge in [0, 0.05) is 50.8 Å². The molecule has 2 amide bonds. The summed E-state index contributed by atoms with van der Waals surface area (Å²) in [5, 5.41) is 0. The Hall–Kier alpha value is -3.03. The number of fused-ring (bicyclic) bond motifs is 1. The van der Waals surface area contributed by atoms with Crippen molar-refractivity contribution in [1.82, 2.24) is 19.4 Å². The molecule has 0 bridgehead atoms. The van der Waals surface area contributed by atoms with Gasteiger partial charge in [0.2, 0.25) is 11.8 Å². The van der Waals surface area contributed by atoms with E-state index in [9.17, 15) is 18.8 Å². The highest BCUT2D eigenvalue weighted by Gasteiger charge is 2.49. The molecule has 1 aromatic heterocycles. The number of carbonyl (C=O) groups is 2. The summed E-state index contributed by atoms with van der Waals surface area (Å²) in [6.45, 7) is 2.99. The van der Waals surface area contributed by atoms with Crippen molar-refractivity contribution in [2.45, 2.75) is 19.5 Å². The van der Waals surface area contributed by atoms with Crippen molar-refractivity contribution in [2.24, 2.45) is 11.8 Å². The van der Waals surface area contributed by atoms with Crippen molar-refractivity contribution >= 4 is 11.8 Å². The Kier molecular flexibility index (Phi) is 4.70. The molecule has 2 aliphatic rings. The summed E-state index contributed by atoms with van der Waals surface area (Å²) in [5.41, 5.74) is 0.288. The molecule has 2 aromatic rings. The van der Waals surface area contributed by atoms with Crippen molar-refractivity contribution in [2.75, 3.05) is 19.6 Å². The van der Waals surface area contributed by atoms with Crippen LogP contribution < -0.4 is 5.69 Å². The Balaban J connectivity index is 1.54. The van der Waals surface area contributed by atoms with Gasteiger partial charge < -0.3 is 9.80 Å². The van der Waals surface area contributed by atoms with Crippen LogP contribution >= 0.6 is 0 Å². The van der Waals surface area contributed by atoms with Crippen molar-refractivity contribution in [3.05, 3.63) is 64.6 Å². The van der Waals surface area contributed by atoms with Gasteiger partial charge in [-0.15, -0.1) is 0 Å². The molecule has 0 radical (unpaired) electrons. The molecule has 7 nitrogen and oxygen atoms in total. The third-order valence-corrected chi connectivity index (χ3v) is 5.70. The van der Waals surface area contributed by atoms with Gasteiger partial charge in [0.1, 0.15) is 12.4 Å². The third kappa shape index (κ3) is 3.30. The van der Waals surface area contributed by atoms with E-state index in [4.69, 9.17) is 0 Å². The quantitative estimate of drug-likeness (QED) is 0.793. The lowest BCUT2D eigenvalue weighted by Crippen LogP contribution is -2.39. The second kappa shape index (κ2) is 7.18. The molecular weight excluding hydrogens is 363 g/mol. The Labute approximate surface area is 161 Å². The minimum absolute atomic E-state index is 0.0419. The number of rotatable bonds is 3. The molecule has 2 saturated heterocycles. The number of carbonyl (C=O) groups excluding carboxylic acids is 2. The molecule has 146 valence electrons. The van der Waals surface area contributed by atoms with E-state index >= 15 is 0 Å². The van der Waals surface area contributed by atoms with Gasteiger partial charge in [-0.3, -0.25) is 14.2 Å². The van der Waals surface area contributed by atoms with E-state index in [2.05, 4.69) is 4.98 Å². The number of amides is 2. The Morgan fingerprint density at radius 1 is 1.21 bits per heavy atom. The summed E-state index contributed by atoms with van der Waals surface area (Å²) in [6.07, 6.45) is 2.93. The fourth-order valence-electron chi connectivity index (χ4n) is 4.44. The van der Waals surface area contributed by atoms with Gasteiger partial charge in [-0.05, 0) is 23.8 Å². The van der Waals surface area contributed by atoms with Gasteiger partial charge in [-0.25, -0.2) is 14.2 Å². The zero-order valence-electron chi connectivity index (χ0n) is 15.5. The monoisotopic (exact) mass is 384 g/mol. The standard InChI is InChI=1S/C20H21FN4O3/c1-13(26)25-10-15-9-24(18(27)12-23-7-3-6-22-20(23)28)11-17(15)19(25)14-4-2-5-16(21)8-14/h2-8,15,17,19H,9-12H2,1H3/t15-,17-,19+/m1/s1. The number of aromatic nitrogens is 2. The van der Waals surface area contributed by atoms with E-state index in [-0.39, 0.29) is 42.1 Å². The van der Waals surface area contributed by atoms with E-state index in [1.54, 1.807) is 21.9 Å². The second-order valence-electron chi connectivity index (χ2n) is 7.42. The topological polar surface area (TPSA) is 75.5 Å². The Morgan fingerprint density at radius 3 is 2.75 bits per heavy atom. The number of hydrogen-bond acceptors (Lipinski definition) is 4. The largest absolute Gasteiger partial charge is 0.347 e. The van der Waals surface area contributed by atoms with E-state index in [1.165, 1.54) is 36.0 Å². The fourth-order valence-corrected chi connectivity index (χ4v) is 4.44. The van der Waals surface area contributed by atoms with Crippen molar-refractivity contribution in [1.29, 1.82) is 0 Å². The highest BCUT2D eigenvalue weighted by molar-refractivity contribution is 5.77.